The van der Waals surface area contributed by atoms with Crippen LogP contribution in [0.5, 0.6) is 0 Å². The molecule has 4 nitrogen and oxygen atoms in total. The number of aromatic amines is 1. The molecule has 0 spiro atoms. The largest absolute Gasteiger partial charge is 0.378 e. The summed E-state index contributed by atoms with van der Waals surface area (Å²) in [5, 5.41) is 1.04. The van der Waals surface area contributed by atoms with Crippen molar-refractivity contribution in [2.45, 2.75) is 46.8 Å². The Morgan fingerprint density at radius 2 is 1.60 bits per heavy atom. The average molecular weight is 295 g/mol. The highest BCUT2D eigenvalue weighted by atomic mass is 31.2. The van der Waals surface area contributed by atoms with E-state index in [9.17, 15) is 4.57 Å². The van der Waals surface area contributed by atoms with Gasteiger partial charge in [-0.1, -0.05) is 18.2 Å². The minimum atomic E-state index is -3.35. The normalized spacial score (nSPS) is 12.8. The lowest BCUT2D eigenvalue weighted by Crippen LogP contribution is -2.19. The van der Waals surface area contributed by atoms with Crippen LogP contribution in [0.1, 0.15) is 33.3 Å². The fraction of sp³-hybridized carbons (Fsp3) is 0.467. The molecule has 0 unspecified atom stereocenters. The maximum atomic E-state index is 13.2. The first-order valence-electron chi connectivity index (χ1n) is 6.88. The van der Waals surface area contributed by atoms with Gasteiger partial charge in [0.05, 0.1) is 12.2 Å². The Bertz CT molecular complexity index is 632. The Hall–Kier alpha value is -1.09. The second-order valence-corrected chi connectivity index (χ2v) is 7.31. The molecule has 0 radical (unpaired) electrons. The summed E-state index contributed by atoms with van der Waals surface area (Å²) in [7, 11) is -3.35. The molecule has 0 aliphatic carbocycles. The van der Waals surface area contributed by atoms with Crippen molar-refractivity contribution in [3.63, 3.8) is 0 Å². The van der Waals surface area contributed by atoms with Gasteiger partial charge < -0.3 is 14.0 Å². The van der Waals surface area contributed by atoms with Crippen LogP contribution in [0.4, 0.5) is 0 Å². The van der Waals surface area contributed by atoms with E-state index in [1.807, 2.05) is 58.9 Å². The van der Waals surface area contributed by atoms with Gasteiger partial charge in [0, 0.05) is 10.9 Å². The summed E-state index contributed by atoms with van der Waals surface area (Å²) in [5.41, 5.74) is 2.42. The molecule has 0 saturated carbocycles. The van der Waals surface area contributed by atoms with Gasteiger partial charge in [-0.2, -0.15) is 0 Å². The monoisotopic (exact) mass is 295 g/mol. The number of aromatic nitrogens is 1. The van der Waals surface area contributed by atoms with Crippen LogP contribution < -0.4 is 5.44 Å². The van der Waals surface area contributed by atoms with Crippen molar-refractivity contribution in [3.8, 4) is 0 Å². The van der Waals surface area contributed by atoms with Crippen molar-refractivity contribution in [1.82, 2.24) is 4.98 Å². The van der Waals surface area contributed by atoms with Gasteiger partial charge in [0.2, 0.25) is 0 Å². The first-order valence-corrected chi connectivity index (χ1v) is 8.42. The first kappa shape index (κ1) is 15.3. The molecule has 1 N–H and O–H groups in total. The van der Waals surface area contributed by atoms with Gasteiger partial charge in [0.25, 0.3) is 0 Å². The average Bonchev–Trinajstić information content (AvgIpc) is 2.66. The molecule has 110 valence electrons. The Labute approximate surface area is 120 Å². The Morgan fingerprint density at radius 1 is 1.05 bits per heavy atom. The standard InChI is InChI=1S/C15H22NO3P/c1-10(2)18-20(17,19-11(3)4)15-12(5)13-8-6-7-9-14(13)16-15/h6-11,16H,1-5H3. The summed E-state index contributed by atoms with van der Waals surface area (Å²) in [6, 6.07) is 7.87. The van der Waals surface area contributed by atoms with E-state index >= 15 is 0 Å². The maximum absolute atomic E-state index is 13.2. The third-order valence-electron chi connectivity index (χ3n) is 2.91. The molecule has 0 amide bonds. The van der Waals surface area contributed by atoms with Crippen LogP contribution in [0.15, 0.2) is 24.3 Å². The van der Waals surface area contributed by atoms with E-state index in [2.05, 4.69) is 4.98 Å². The number of fused-ring (bicyclic) bond motifs is 1. The summed E-state index contributed by atoms with van der Waals surface area (Å²) in [6.07, 6.45) is -0.351. The van der Waals surface area contributed by atoms with E-state index in [-0.39, 0.29) is 12.2 Å². The number of hydrogen-bond donors (Lipinski definition) is 1. The molecule has 0 aliphatic rings. The lowest BCUT2D eigenvalue weighted by atomic mass is 10.2. The van der Waals surface area contributed by atoms with E-state index in [0.717, 1.165) is 16.5 Å². The van der Waals surface area contributed by atoms with Crippen LogP contribution in [0.3, 0.4) is 0 Å². The quantitative estimate of drug-likeness (QED) is 0.843. The number of benzene rings is 1. The molecule has 0 atom stereocenters. The number of para-hydroxylation sites is 1. The summed E-state index contributed by atoms with van der Waals surface area (Å²) in [4.78, 5) is 3.20. The molecule has 0 bridgehead atoms. The minimum Gasteiger partial charge on any atom is -0.348 e. The van der Waals surface area contributed by atoms with Gasteiger partial charge >= 0.3 is 7.60 Å². The summed E-state index contributed by atoms with van der Waals surface area (Å²) >= 11 is 0. The van der Waals surface area contributed by atoms with Gasteiger partial charge in [-0.05, 0) is 46.2 Å². The van der Waals surface area contributed by atoms with Gasteiger partial charge in [-0.15, -0.1) is 0 Å². The van der Waals surface area contributed by atoms with Gasteiger partial charge in [-0.25, -0.2) is 0 Å². The summed E-state index contributed by atoms with van der Waals surface area (Å²) in [5.74, 6) is 0. The lowest BCUT2D eigenvalue weighted by molar-refractivity contribution is 0.149. The number of rotatable bonds is 5. The van der Waals surface area contributed by atoms with Crippen LogP contribution >= 0.6 is 7.60 Å². The van der Waals surface area contributed by atoms with Crippen LogP contribution in [-0.2, 0) is 13.6 Å². The predicted molar refractivity (Wildman–Crippen MR) is 82.7 cm³/mol. The summed E-state index contributed by atoms with van der Waals surface area (Å²) in [6.45, 7) is 9.36. The maximum Gasteiger partial charge on any atom is 0.378 e. The second-order valence-electron chi connectivity index (χ2n) is 5.45. The van der Waals surface area contributed by atoms with E-state index in [1.54, 1.807) is 0 Å². The van der Waals surface area contributed by atoms with Crippen LogP contribution in [0.2, 0.25) is 0 Å². The number of nitrogens with one attached hydrogen (secondary N) is 1. The van der Waals surface area contributed by atoms with Crippen LogP contribution in [0.25, 0.3) is 10.9 Å². The molecule has 5 heteroatoms. The molecular formula is C15H22NO3P. The SMILES string of the molecule is Cc1c(P(=O)(OC(C)C)OC(C)C)[nH]c2ccccc12. The molecular weight excluding hydrogens is 273 g/mol. The van der Waals surface area contributed by atoms with E-state index in [0.29, 0.717) is 5.44 Å². The highest BCUT2D eigenvalue weighted by Crippen LogP contribution is 2.50. The lowest BCUT2D eigenvalue weighted by Gasteiger charge is -2.22. The summed E-state index contributed by atoms with van der Waals surface area (Å²) < 4.78 is 24.4. The van der Waals surface area contributed by atoms with Gasteiger partial charge in [-0.3, -0.25) is 4.57 Å². The van der Waals surface area contributed by atoms with Gasteiger partial charge in [0.15, 0.2) is 0 Å². The van der Waals surface area contributed by atoms with Crippen LogP contribution in [0, 0.1) is 6.92 Å². The predicted octanol–water partition coefficient (Wildman–Crippen LogP) is 4.14. The molecule has 2 rings (SSSR count). The fourth-order valence-electron chi connectivity index (χ4n) is 2.23. The minimum absolute atomic E-state index is 0.176. The van der Waals surface area contributed by atoms with Crippen molar-refractivity contribution < 1.29 is 13.6 Å². The Kier molecular flexibility index (Phi) is 4.38. The second kappa shape index (κ2) is 5.72. The number of H-pyrrole nitrogens is 1. The van der Waals surface area contributed by atoms with Crippen molar-refractivity contribution in [3.05, 3.63) is 29.8 Å². The smallest absolute Gasteiger partial charge is 0.348 e. The Balaban J connectivity index is 2.56. The molecule has 0 fully saturated rings. The number of aryl methyl sites for hydroxylation is 1. The number of hydrogen-bond acceptors (Lipinski definition) is 3. The van der Waals surface area contributed by atoms with Crippen molar-refractivity contribution >= 4 is 23.9 Å². The zero-order valence-corrected chi connectivity index (χ0v) is 13.5. The van der Waals surface area contributed by atoms with Crippen molar-refractivity contribution in [2.75, 3.05) is 0 Å². The molecule has 0 aliphatic heterocycles. The van der Waals surface area contributed by atoms with Crippen LogP contribution in [-0.4, -0.2) is 17.2 Å². The fourth-order valence-corrected chi connectivity index (χ4v) is 4.39. The molecule has 2 aromatic rings. The molecule has 1 aromatic heterocycles. The highest BCUT2D eigenvalue weighted by molar-refractivity contribution is 7.62. The van der Waals surface area contributed by atoms with Crippen molar-refractivity contribution in [1.29, 1.82) is 0 Å². The molecule has 0 saturated heterocycles. The van der Waals surface area contributed by atoms with E-state index < -0.39 is 7.60 Å². The molecule has 1 aromatic carbocycles. The Morgan fingerprint density at radius 3 is 2.10 bits per heavy atom. The zero-order chi connectivity index (χ0) is 14.9. The van der Waals surface area contributed by atoms with Crippen molar-refractivity contribution in [2.24, 2.45) is 0 Å². The molecule has 20 heavy (non-hydrogen) atoms. The van der Waals surface area contributed by atoms with E-state index in [1.165, 1.54) is 0 Å². The van der Waals surface area contributed by atoms with E-state index in [4.69, 9.17) is 9.05 Å². The molecule has 1 heterocycles. The third-order valence-corrected chi connectivity index (χ3v) is 5.31. The topological polar surface area (TPSA) is 51.3 Å². The van der Waals surface area contributed by atoms with Gasteiger partial charge in [0.1, 0.15) is 5.44 Å². The zero-order valence-electron chi connectivity index (χ0n) is 12.6. The first-order chi connectivity index (χ1) is 9.33. The third kappa shape index (κ3) is 2.98. The highest BCUT2D eigenvalue weighted by Gasteiger charge is 2.34.